The predicted molar refractivity (Wildman–Crippen MR) is 66.3 cm³/mol. The minimum absolute atomic E-state index is 0.194. The molecule has 2 aromatic rings. The van der Waals surface area contributed by atoms with E-state index in [1.165, 1.54) is 6.07 Å². The van der Waals surface area contributed by atoms with Crippen molar-refractivity contribution in [1.82, 2.24) is 4.90 Å². The second kappa shape index (κ2) is 4.15. The largest absolute Gasteiger partial charge is 0.451 e. The number of benzene rings is 1. The summed E-state index contributed by atoms with van der Waals surface area (Å²) in [5.41, 5.74) is 1.20. The third-order valence-corrected chi connectivity index (χ3v) is 3.79. The Morgan fingerprint density at radius 3 is 2.68 bits per heavy atom. The summed E-state index contributed by atoms with van der Waals surface area (Å²) in [6.45, 7) is 0.889. The average molecular weight is 290 g/mol. The van der Waals surface area contributed by atoms with Gasteiger partial charge < -0.3 is 9.32 Å². The third kappa shape index (κ3) is 2.01. The molecule has 0 fully saturated rings. The SMILES string of the molecule is CN1CCc2c(Cl)ccc3oc(C(F)(F)F)c(c23)C1. The number of likely N-dealkylation sites (N-methyl/N-ethyl adjacent to an activating group) is 1. The number of halogens is 4. The van der Waals surface area contributed by atoms with E-state index in [0.717, 1.165) is 5.56 Å². The third-order valence-electron chi connectivity index (χ3n) is 3.43. The van der Waals surface area contributed by atoms with Crippen molar-refractivity contribution in [3.05, 3.63) is 34.0 Å². The first kappa shape index (κ1) is 12.8. The van der Waals surface area contributed by atoms with Crippen LogP contribution in [-0.2, 0) is 19.1 Å². The highest BCUT2D eigenvalue weighted by atomic mass is 35.5. The van der Waals surface area contributed by atoms with E-state index in [4.69, 9.17) is 16.0 Å². The predicted octanol–water partition coefficient (Wildman–Crippen LogP) is 4.09. The van der Waals surface area contributed by atoms with Crippen LogP contribution in [0.3, 0.4) is 0 Å². The molecule has 1 aliphatic heterocycles. The molecule has 1 aromatic heterocycles. The van der Waals surface area contributed by atoms with Crippen LogP contribution in [0, 0.1) is 0 Å². The van der Waals surface area contributed by atoms with E-state index in [1.807, 2.05) is 4.90 Å². The number of rotatable bonds is 0. The second-order valence-electron chi connectivity index (χ2n) is 4.79. The molecule has 3 rings (SSSR count). The van der Waals surface area contributed by atoms with Crippen LogP contribution in [0.2, 0.25) is 5.02 Å². The van der Waals surface area contributed by atoms with Crippen LogP contribution < -0.4 is 0 Å². The second-order valence-corrected chi connectivity index (χ2v) is 5.20. The first-order valence-electron chi connectivity index (χ1n) is 5.86. The topological polar surface area (TPSA) is 16.4 Å². The first-order valence-corrected chi connectivity index (χ1v) is 6.24. The Balaban J connectivity index is 2.37. The van der Waals surface area contributed by atoms with Gasteiger partial charge in [0.1, 0.15) is 5.58 Å². The fraction of sp³-hybridized carbons (Fsp3) is 0.385. The molecule has 0 saturated heterocycles. The van der Waals surface area contributed by atoms with Crippen molar-refractivity contribution in [3.8, 4) is 0 Å². The summed E-state index contributed by atoms with van der Waals surface area (Å²) in [5, 5.41) is 1.03. The van der Waals surface area contributed by atoms with Gasteiger partial charge in [-0.05, 0) is 31.2 Å². The maximum absolute atomic E-state index is 13.0. The highest BCUT2D eigenvalue weighted by Gasteiger charge is 2.40. The lowest BCUT2D eigenvalue weighted by Crippen LogP contribution is -2.20. The summed E-state index contributed by atoms with van der Waals surface area (Å²) in [5.74, 6) is -0.903. The van der Waals surface area contributed by atoms with Gasteiger partial charge >= 0.3 is 6.18 Å². The Hall–Kier alpha value is -1.20. The Morgan fingerprint density at radius 2 is 2.00 bits per heavy atom. The molecular formula is C13H11ClF3NO. The van der Waals surface area contributed by atoms with Crippen LogP contribution in [0.1, 0.15) is 16.9 Å². The Kier molecular flexibility index (Phi) is 2.80. The quantitative estimate of drug-likeness (QED) is 0.726. The summed E-state index contributed by atoms with van der Waals surface area (Å²) >= 11 is 6.11. The van der Waals surface area contributed by atoms with Gasteiger partial charge in [-0.15, -0.1) is 0 Å². The maximum Gasteiger partial charge on any atom is 0.449 e. The minimum atomic E-state index is -4.48. The lowest BCUT2D eigenvalue weighted by Gasteiger charge is -2.14. The Morgan fingerprint density at radius 1 is 1.26 bits per heavy atom. The average Bonchev–Trinajstić information content (AvgIpc) is 2.57. The van der Waals surface area contributed by atoms with Gasteiger partial charge in [-0.3, -0.25) is 0 Å². The molecule has 0 aliphatic carbocycles. The summed E-state index contributed by atoms with van der Waals surface area (Å²) in [6.07, 6.45) is -3.86. The molecule has 2 heterocycles. The maximum atomic E-state index is 13.0. The number of hydrogen-bond acceptors (Lipinski definition) is 2. The smallest absolute Gasteiger partial charge is 0.449 e. The van der Waals surface area contributed by atoms with E-state index in [-0.39, 0.29) is 17.7 Å². The molecular weight excluding hydrogens is 279 g/mol. The van der Waals surface area contributed by atoms with Crippen molar-refractivity contribution < 1.29 is 17.6 Å². The summed E-state index contributed by atoms with van der Waals surface area (Å²) in [7, 11) is 1.79. The highest BCUT2D eigenvalue weighted by molar-refractivity contribution is 6.32. The van der Waals surface area contributed by atoms with E-state index in [1.54, 1.807) is 13.1 Å². The van der Waals surface area contributed by atoms with Crippen LogP contribution >= 0.6 is 11.6 Å². The summed E-state index contributed by atoms with van der Waals surface area (Å²) in [6, 6.07) is 3.10. The molecule has 1 aliphatic rings. The molecule has 0 saturated carbocycles. The van der Waals surface area contributed by atoms with Crippen LogP contribution in [0.15, 0.2) is 16.5 Å². The number of alkyl halides is 3. The fourth-order valence-electron chi connectivity index (χ4n) is 2.58. The van der Waals surface area contributed by atoms with E-state index < -0.39 is 11.9 Å². The van der Waals surface area contributed by atoms with Gasteiger partial charge in [0, 0.05) is 29.1 Å². The van der Waals surface area contributed by atoms with Gasteiger partial charge in [0.05, 0.1) is 0 Å². The van der Waals surface area contributed by atoms with Gasteiger partial charge in [-0.25, -0.2) is 0 Å². The lowest BCUT2D eigenvalue weighted by atomic mass is 10.0. The van der Waals surface area contributed by atoms with Crippen molar-refractivity contribution in [2.24, 2.45) is 0 Å². The molecule has 0 amide bonds. The van der Waals surface area contributed by atoms with Crippen molar-refractivity contribution in [1.29, 1.82) is 0 Å². The minimum Gasteiger partial charge on any atom is -0.451 e. The van der Waals surface area contributed by atoms with E-state index in [2.05, 4.69) is 0 Å². The molecule has 19 heavy (non-hydrogen) atoms. The van der Waals surface area contributed by atoms with Crippen molar-refractivity contribution in [2.75, 3.05) is 13.6 Å². The zero-order chi connectivity index (χ0) is 13.8. The number of nitrogens with zero attached hydrogens (tertiary/aromatic N) is 1. The molecule has 0 bridgehead atoms. The van der Waals surface area contributed by atoms with Crippen LogP contribution in [0.4, 0.5) is 13.2 Å². The van der Waals surface area contributed by atoms with Gasteiger partial charge in [-0.2, -0.15) is 13.2 Å². The molecule has 0 atom stereocenters. The highest BCUT2D eigenvalue weighted by Crippen LogP contribution is 2.42. The van der Waals surface area contributed by atoms with E-state index in [9.17, 15) is 13.2 Å². The standard InChI is InChI=1S/C13H11ClF3NO/c1-18-5-4-7-9(14)2-3-10-11(7)8(6-18)12(19-10)13(15,16)17/h2-3H,4-6H2,1H3. The zero-order valence-corrected chi connectivity index (χ0v) is 10.9. The monoisotopic (exact) mass is 289 g/mol. The van der Waals surface area contributed by atoms with E-state index >= 15 is 0 Å². The molecule has 0 radical (unpaired) electrons. The van der Waals surface area contributed by atoms with Gasteiger partial charge in [0.25, 0.3) is 0 Å². The number of hydrogen-bond donors (Lipinski definition) is 0. The van der Waals surface area contributed by atoms with Crippen LogP contribution in [0.5, 0.6) is 0 Å². The summed E-state index contributed by atoms with van der Waals surface area (Å²) in [4.78, 5) is 1.84. The zero-order valence-electron chi connectivity index (χ0n) is 10.1. The Labute approximate surface area is 112 Å². The fourth-order valence-corrected chi connectivity index (χ4v) is 2.83. The van der Waals surface area contributed by atoms with E-state index in [0.29, 0.717) is 23.4 Å². The van der Waals surface area contributed by atoms with Crippen LogP contribution in [0.25, 0.3) is 11.0 Å². The summed E-state index contributed by atoms with van der Waals surface area (Å²) < 4.78 is 44.2. The van der Waals surface area contributed by atoms with Crippen molar-refractivity contribution in [3.63, 3.8) is 0 Å². The lowest BCUT2D eigenvalue weighted by molar-refractivity contribution is -0.153. The first-order chi connectivity index (χ1) is 8.88. The normalized spacial score (nSPS) is 16.9. The van der Waals surface area contributed by atoms with Crippen molar-refractivity contribution in [2.45, 2.75) is 19.1 Å². The molecule has 0 N–H and O–H groups in total. The molecule has 6 heteroatoms. The van der Waals surface area contributed by atoms with Crippen LogP contribution in [-0.4, -0.2) is 18.5 Å². The molecule has 0 unspecified atom stereocenters. The van der Waals surface area contributed by atoms with Crippen molar-refractivity contribution >= 4 is 22.6 Å². The molecule has 0 spiro atoms. The van der Waals surface area contributed by atoms with Gasteiger partial charge in [-0.1, -0.05) is 11.6 Å². The Bertz CT molecular complexity index is 647. The number of furan rings is 1. The van der Waals surface area contributed by atoms with Gasteiger partial charge in [0.15, 0.2) is 0 Å². The molecule has 1 aromatic carbocycles. The molecule has 102 valence electrons. The molecule has 2 nitrogen and oxygen atoms in total. The van der Waals surface area contributed by atoms with Gasteiger partial charge in [0.2, 0.25) is 5.76 Å².